The van der Waals surface area contributed by atoms with Crippen molar-refractivity contribution in [1.82, 2.24) is 10.6 Å². The van der Waals surface area contributed by atoms with E-state index in [-0.39, 0.29) is 5.91 Å². The summed E-state index contributed by atoms with van der Waals surface area (Å²) in [6.07, 6.45) is 1.47. The highest BCUT2D eigenvalue weighted by Gasteiger charge is 2.15. The lowest BCUT2D eigenvalue weighted by molar-refractivity contribution is -0.121. The quantitative estimate of drug-likeness (QED) is 0.752. The zero-order chi connectivity index (χ0) is 18.2. The lowest BCUT2D eigenvalue weighted by Gasteiger charge is -2.19. The Kier molecular flexibility index (Phi) is 7.75. The number of aryl methyl sites for hydroxylation is 3. The van der Waals surface area contributed by atoms with Gasteiger partial charge in [-0.05, 0) is 58.6 Å². The Morgan fingerprint density at radius 1 is 1.08 bits per heavy atom. The molecular formula is C19H30N2O3. The number of amides is 2. The van der Waals surface area contributed by atoms with Crippen LogP contribution in [0.1, 0.15) is 50.3 Å². The maximum absolute atomic E-state index is 11.9. The number of ether oxygens (including phenoxy) is 1. The van der Waals surface area contributed by atoms with Gasteiger partial charge in [-0.3, -0.25) is 4.79 Å². The van der Waals surface area contributed by atoms with Crippen molar-refractivity contribution in [3.8, 4) is 0 Å². The molecule has 0 atom stereocenters. The van der Waals surface area contributed by atoms with Gasteiger partial charge in [-0.1, -0.05) is 23.8 Å². The van der Waals surface area contributed by atoms with Crippen molar-refractivity contribution in [3.63, 3.8) is 0 Å². The minimum Gasteiger partial charge on any atom is -0.444 e. The van der Waals surface area contributed by atoms with Crippen molar-refractivity contribution in [3.05, 3.63) is 34.9 Å². The normalized spacial score (nSPS) is 11.0. The molecule has 134 valence electrons. The second-order valence-corrected chi connectivity index (χ2v) is 7.06. The van der Waals surface area contributed by atoms with Crippen LogP contribution in [0.2, 0.25) is 0 Å². The monoisotopic (exact) mass is 334 g/mol. The highest BCUT2D eigenvalue weighted by molar-refractivity contribution is 5.76. The van der Waals surface area contributed by atoms with Gasteiger partial charge in [0.25, 0.3) is 0 Å². The van der Waals surface area contributed by atoms with Crippen LogP contribution in [0.3, 0.4) is 0 Å². The average Bonchev–Trinajstić information content (AvgIpc) is 2.44. The highest BCUT2D eigenvalue weighted by Crippen LogP contribution is 2.12. The van der Waals surface area contributed by atoms with Gasteiger partial charge in [-0.2, -0.15) is 0 Å². The van der Waals surface area contributed by atoms with Crippen molar-refractivity contribution in [2.24, 2.45) is 0 Å². The summed E-state index contributed by atoms with van der Waals surface area (Å²) in [6.45, 7) is 10.6. The van der Waals surface area contributed by atoms with Gasteiger partial charge in [0, 0.05) is 19.5 Å². The van der Waals surface area contributed by atoms with Crippen molar-refractivity contribution in [2.75, 3.05) is 13.1 Å². The summed E-state index contributed by atoms with van der Waals surface area (Å²) in [5.41, 5.74) is 3.18. The fourth-order valence-electron chi connectivity index (χ4n) is 2.28. The number of carbonyl (C=O) groups is 2. The van der Waals surface area contributed by atoms with Crippen LogP contribution in [0.25, 0.3) is 0 Å². The molecule has 2 amide bonds. The minimum absolute atomic E-state index is 0.0345. The Morgan fingerprint density at radius 2 is 1.75 bits per heavy atom. The third-order valence-electron chi connectivity index (χ3n) is 3.46. The van der Waals surface area contributed by atoms with Crippen molar-refractivity contribution in [2.45, 2.75) is 59.5 Å². The maximum Gasteiger partial charge on any atom is 0.407 e. The minimum atomic E-state index is -0.494. The number of rotatable bonds is 7. The zero-order valence-electron chi connectivity index (χ0n) is 15.5. The van der Waals surface area contributed by atoms with Crippen LogP contribution in [-0.4, -0.2) is 30.7 Å². The summed E-state index contributed by atoms with van der Waals surface area (Å²) >= 11 is 0. The van der Waals surface area contributed by atoms with Gasteiger partial charge in [-0.15, -0.1) is 0 Å². The van der Waals surface area contributed by atoms with E-state index in [1.165, 1.54) is 16.7 Å². The second-order valence-electron chi connectivity index (χ2n) is 7.06. The first-order valence-corrected chi connectivity index (χ1v) is 8.47. The fourth-order valence-corrected chi connectivity index (χ4v) is 2.28. The lowest BCUT2D eigenvalue weighted by atomic mass is 10.0. The van der Waals surface area contributed by atoms with Gasteiger partial charge in [0.15, 0.2) is 0 Å². The maximum atomic E-state index is 11.9. The molecule has 0 aliphatic heterocycles. The summed E-state index contributed by atoms with van der Waals surface area (Å²) in [6, 6.07) is 6.29. The van der Waals surface area contributed by atoms with E-state index in [1.54, 1.807) is 0 Å². The van der Waals surface area contributed by atoms with Gasteiger partial charge in [0.1, 0.15) is 5.60 Å². The summed E-state index contributed by atoms with van der Waals surface area (Å²) in [5, 5.41) is 5.55. The molecule has 0 aliphatic rings. The number of hydrogen-bond donors (Lipinski definition) is 2. The van der Waals surface area contributed by atoms with Crippen LogP contribution in [0.15, 0.2) is 18.2 Å². The standard InChI is InChI=1S/C19H30N2O3/c1-14-7-8-16(15(2)13-14)9-10-17(22)20-11-6-12-21-18(23)24-19(3,4)5/h7-8,13H,6,9-12H2,1-5H3,(H,20,22)(H,21,23). The van der Waals surface area contributed by atoms with E-state index in [0.29, 0.717) is 25.9 Å². The largest absolute Gasteiger partial charge is 0.444 e. The van der Waals surface area contributed by atoms with Gasteiger partial charge in [-0.25, -0.2) is 4.79 Å². The van der Waals surface area contributed by atoms with E-state index in [0.717, 1.165) is 6.42 Å². The average molecular weight is 334 g/mol. The molecule has 2 N–H and O–H groups in total. The van der Waals surface area contributed by atoms with E-state index in [1.807, 2.05) is 20.8 Å². The lowest BCUT2D eigenvalue weighted by Crippen LogP contribution is -2.34. The zero-order valence-corrected chi connectivity index (χ0v) is 15.5. The molecule has 5 heteroatoms. The van der Waals surface area contributed by atoms with Crippen LogP contribution in [-0.2, 0) is 16.0 Å². The molecule has 0 aromatic heterocycles. The molecule has 0 radical (unpaired) electrons. The predicted molar refractivity (Wildman–Crippen MR) is 96.1 cm³/mol. The number of alkyl carbamates (subject to hydrolysis) is 1. The Hall–Kier alpha value is -2.04. The van der Waals surface area contributed by atoms with Crippen LogP contribution in [0.5, 0.6) is 0 Å². The first-order chi connectivity index (χ1) is 11.2. The molecule has 0 saturated heterocycles. The number of benzene rings is 1. The van der Waals surface area contributed by atoms with Crippen molar-refractivity contribution < 1.29 is 14.3 Å². The number of hydrogen-bond acceptors (Lipinski definition) is 3. The third-order valence-corrected chi connectivity index (χ3v) is 3.46. The van der Waals surface area contributed by atoms with Crippen LogP contribution < -0.4 is 10.6 Å². The summed E-state index contributed by atoms with van der Waals surface area (Å²) in [5.74, 6) is 0.0345. The molecule has 0 saturated carbocycles. The first kappa shape index (κ1) is 20.0. The molecule has 0 fully saturated rings. The molecule has 0 unspecified atom stereocenters. The number of nitrogens with one attached hydrogen (secondary N) is 2. The van der Waals surface area contributed by atoms with Gasteiger partial charge in [0.2, 0.25) is 5.91 Å². The van der Waals surface area contributed by atoms with E-state index in [9.17, 15) is 9.59 Å². The molecular weight excluding hydrogens is 304 g/mol. The molecule has 1 aromatic rings. The van der Waals surface area contributed by atoms with Gasteiger partial charge in [0.05, 0.1) is 0 Å². The van der Waals surface area contributed by atoms with E-state index in [4.69, 9.17) is 4.74 Å². The predicted octanol–water partition coefficient (Wildman–Crippen LogP) is 3.27. The first-order valence-electron chi connectivity index (χ1n) is 8.47. The van der Waals surface area contributed by atoms with E-state index >= 15 is 0 Å². The van der Waals surface area contributed by atoms with E-state index < -0.39 is 11.7 Å². The Labute approximate surface area is 145 Å². The number of carbonyl (C=O) groups excluding carboxylic acids is 2. The molecule has 0 bridgehead atoms. The van der Waals surface area contributed by atoms with Crippen molar-refractivity contribution in [1.29, 1.82) is 0 Å². The molecule has 0 spiro atoms. The SMILES string of the molecule is Cc1ccc(CCC(=O)NCCCNC(=O)OC(C)(C)C)c(C)c1. The summed E-state index contributed by atoms with van der Waals surface area (Å²) in [4.78, 5) is 23.3. The summed E-state index contributed by atoms with van der Waals surface area (Å²) in [7, 11) is 0. The molecule has 0 aliphatic carbocycles. The highest BCUT2D eigenvalue weighted by atomic mass is 16.6. The van der Waals surface area contributed by atoms with Gasteiger partial charge < -0.3 is 15.4 Å². The Bertz CT molecular complexity index is 562. The fraction of sp³-hybridized carbons (Fsp3) is 0.579. The molecule has 24 heavy (non-hydrogen) atoms. The molecule has 1 aromatic carbocycles. The second kappa shape index (κ2) is 9.30. The van der Waals surface area contributed by atoms with E-state index in [2.05, 4.69) is 42.7 Å². The summed E-state index contributed by atoms with van der Waals surface area (Å²) < 4.78 is 5.14. The van der Waals surface area contributed by atoms with Crippen molar-refractivity contribution >= 4 is 12.0 Å². The topological polar surface area (TPSA) is 67.4 Å². The van der Waals surface area contributed by atoms with Gasteiger partial charge >= 0.3 is 6.09 Å². The smallest absolute Gasteiger partial charge is 0.407 e. The Morgan fingerprint density at radius 3 is 2.38 bits per heavy atom. The molecule has 5 nitrogen and oxygen atoms in total. The van der Waals surface area contributed by atoms with Crippen LogP contribution in [0, 0.1) is 13.8 Å². The Balaban J connectivity index is 2.15. The molecule has 1 rings (SSSR count). The third kappa shape index (κ3) is 8.56. The van der Waals surface area contributed by atoms with Crippen LogP contribution >= 0.6 is 0 Å². The molecule has 0 heterocycles. The van der Waals surface area contributed by atoms with Crippen LogP contribution in [0.4, 0.5) is 4.79 Å².